The zero-order valence-electron chi connectivity index (χ0n) is 11.7. The normalized spacial score (nSPS) is 16.6. The molecule has 0 saturated carbocycles. The minimum atomic E-state index is 0.171. The average molecular weight is 255 g/mol. The maximum Gasteiger partial charge on any atom is 0.0596 e. The van der Waals surface area contributed by atoms with Crippen LogP contribution in [0.15, 0.2) is 30.3 Å². The number of hydrogen-bond acceptors (Lipinski definition) is 2. The SMILES string of the molecule is Cc1cc(CC2(CN)Cc3ccccc3C2)n(C)n1. The smallest absolute Gasteiger partial charge is 0.0596 e. The molecule has 1 heterocycles. The molecule has 0 atom stereocenters. The van der Waals surface area contributed by atoms with Gasteiger partial charge in [-0.1, -0.05) is 24.3 Å². The quantitative estimate of drug-likeness (QED) is 0.912. The van der Waals surface area contributed by atoms with Gasteiger partial charge in [0.15, 0.2) is 0 Å². The second kappa shape index (κ2) is 4.49. The second-order valence-corrected chi connectivity index (χ2v) is 5.90. The maximum atomic E-state index is 6.12. The van der Waals surface area contributed by atoms with Crippen molar-refractivity contribution >= 4 is 0 Å². The lowest BCUT2D eigenvalue weighted by Gasteiger charge is -2.27. The molecule has 1 aromatic heterocycles. The molecular weight excluding hydrogens is 234 g/mol. The zero-order valence-corrected chi connectivity index (χ0v) is 11.7. The molecule has 0 radical (unpaired) electrons. The van der Waals surface area contributed by atoms with E-state index in [2.05, 4.69) is 35.4 Å². The third-order valence-corrected chi connectivity index (χ3v) is 4.34. The summed E-state index contributed by atoms with van der Waals surface area (Å²) in [6.07, 6.45) is 3.18. The highest BCUT2D eigenvalue weighted by molar-refractivity contribution is 5.35. The van der Waals surface area contributed by atoms with E-state index in [1.54, 1.807) is 0 Å². The fourth-order valence-corrected chi connectivity index (χ4v) is 3.33. The number of nitrogens with two attached hydrogens (primary N) is 1. The Kier molecular flexibility index (Phi) is 2.94. The largest absolute Gasteiger partial charge is 0.330 e. The Hall–Kier alpha value is -1.61. The highest BCUT2D eigenvalue weighted by Gasteiger charge is 2.36. The van der Waals surface area contributed by atoms with Gasteiger partial charge in [-0.25, -0.2) is 0 Å². The first-order valence-corrected chi connectivity index (χ1v) is 6.88. The first kappa shape index (κ1) is 12.4. The van der Waals surface area contributed by atoms with Gasteiger partial charge in [0.2, 0.25) is 0 Å². The highest BCUT2D eigenvalue weighted by atomic mass is 15.3. The van der Waals surface area contributed by atoms with Gasteiger partial charge in [-0.15, -0.1) is 0 Å². The van der Waals surface area contributed by atoms with E-state index in [9.17, 15) is 0 Å². The number of aromatic nitrogens is 2. The summed E-state index contributed by atoms with van der Waals surface area (Å²) in [5.74, 6) is 0. The monoisotopic (exact) mass is 255 g/mol. The summed E-state index contributed by atoms with van der Waals surface area (Å²) < 4.78 is 2.00. The van der Waals surface area contributed by atoms with Gasteiger partial charge in [0, 0.05) is 12.7 Å². The number of fused-ring (bicyclic) bond motifs is 1. The minimum absolute atomic E-state index is 0.171. The molecule has 0 aliphatic heterocycles. The molecule has 3 heteroatoms. The Bertz CT molecular complexity index is 573. The van der Waals surface area contributed by atoms with Gasteiger partial charge >= 0.3 is 0 Å². The summed E-state index contributed by atoms with van der Waals surface area (Å²) in [4.78, 5) is 0. The van der Waals surface area contributed by atoms with Crippen LogP contribution in [0.2, 0.25) is 0 Å². The summed E-state index contributed by atoms with van der Waals surface area (Å²) in [7, 11) is 2.02. The molecule has 0 fully saturated rings. The van der Waals surface area contributed by atoms with E-state index < -0.39 is 0 Å². The topological polar surface area (TPSA) is 43.8 Å². The maximum absolute atomic E-state index is 6.12. The molecule has 1 aromatic carbocycles. The summed E-state index contributed by atoms with van der Waals surface area (Å²) >= 11 is 0. The first-order chi connectivity index (χ1) is 9.12. The minimum Gasteiger partial charge on any atom is -0.330 e. The van der Waals surface area contributed by atoms with Gasteiger partial charge in [0.1, 0.15) is 0 Å². The fourth-order valence-electron chi connectivity index (χ4n) is 3.33. The standard InChI is InChI=1S/C16H21N3/c1-12-7-15(19(2)18-12)10-16(11-17)8-13-5-3-4-6-14(13)9-16/h3-7H,8-11,17H2,1-2H3. The van der Waals surface area contributed by atoms with Crippen LogP contribution in [0.25, 0.3) is 0 Å². The van der Waals surface area contributed by atoms with E-state index in [0.717, 1.165) is 31.5 Å². The van der Waals surface area contributed by atoms with Gasteiger partial charge in [-0.3, -0.25) is 4.68 Å². The van der Waals surface area contributed by atoms with Crippen LogP contribution in [-0.2, 0) is 26.3 Å². The number of nitrogens with zero attached hydrogens (tertiary/aromatic N) is 2. The van der Waals surface area contributed by atoms with Crippen LogP contribution < -0.4 is 5.73 Å². The van der Waals surface area contributed by atoms with Crippen molar-refractivity contribution in [1.29, 1.82) is 0 Å². The number of hydrogen-bond donors (Lipinski definition) is 1. The van der Waals surface area contributed by atoms with E-state index in [0.29, 0.717) is 0 Å². The van der Waals surface area contributed by atoms with Crippen LogP contribution in [-0.4, -0.2) is 16.3 Å². The lowest BCUT2D eigenvalue weighted by Crippen LogP contribution is -2.34. The molecule has 1 aliphatic rings. The molecule has 3 nitrogen and oxygen atoms in total. The predicted molar refractivity (Wildman–Crippen MR) is 77.0 cm³/mol. The van der Waals surface area contributed by atoms with E-state index in [4.69, 9.17) is 5.73 Å². The van der Waals surface area contributed by atoms with E-state index in [1.165, 1.54) is 16.8 Å². The molecule has 3 rings (SSSR count). The first-order valence-electron chi connectivity index (χ1n) is 6.88. The molecule has 0 amide bonds. The van der Waals surface area contributed by atoms with Crippen molar-refractivity contribution in [2.75, 3.05) is 6.54 Å². The Morgan fingerprint density at radius 1 is 1.26 bits per heavy atom. The van der Waals surface area contributed by atoms with E-state index in [-0.39, 0.29) is 5.41 Å². The van der Waals surface area contributed by atoms with Crippen LogP contribution in [0.3, 0.4) is 0 Å². The third kappa shape index (κ3) is 2.19. The lowest BCUT2D eigenvalue weighted by atomic mass is 9.80. The molecule has 2 N–H and O–H groups in total. The molecule has 0 bridgehead atoms. The lowest BCUT2D eigenvalue weighted by molar-refractivity contribution is 0.307. The molecule has 2 aromatic rings. The molecule has 0 saturated heterocycles. The summed E-state index contributed by atoms with van der Waals surface area (Å²) in [5.41, 5.74) is 11.6. The summed E-state index contributed by atoms with van der Waals surface area (Å²) in [6.45, 7) is 2.77. The van der Waals surface area contributed by atoms with Crippen molar-refractivity contribution < 1.29 is 0 Å². The van der Waals surface area contributed by atoms with Crippen molar-refractivity contribution in [3.05, 3.63) is 52.8 Å². The van der Waals surface area contributed by atoms with Gasteiger partial charge in [-0.2, -0.15) is 5.10 Å². The molecule has 100 valence electrons. The Morgan fingerprint density at radius 2 is 1.89 bits per heavy atom. The van der Waals surface area contributed by atoms with Crippen molar-refractivity contribution in [1.82, 2.24) is 9.78 Å². The van der Waals surface area contributed by atoms with Crippen LogP contribution in [0.5, 0.6) is 0 Å². The summed E-state index contributed by atoms with van der Waals surface area (Å²) in [6, 6.07) is 10.9. The zero-order chi connectivity index (χ0) is 13.5. The van der Waals surface area contributed by atoms with E-state index in [1.807, 2.05) is 18.7 Å². The number of rotatable bonds is 3. The van der Waals surface area contributed by atoms with Crippen LogP contribution in [0, 0.1) is 12.3 Å². The van der Waals surface area contributed by atoms with Crippen LogP contribution >= 0.6 is 0 Å². The van der Waals surface area contributed by atoms with Gasteiger partial charge in [0.25, 0.3) is 0 Å². The van der Waals surface area contributed by atoms with Crippen molar-refractivity contribution in [3.63, 3.8) is 0 Å². The summed E-state index contributed by atoms with van der Waals surface area (Å²) in [5, 5.41) is 4.44. The Labute approximate surface area is 114 Å². The van der Waals surface area contributed by atoms with Gasteiger partial charge in [-0.05, 0) is 55.3 Å². The van der Waals surface area contributed by atoms with Gasteiger partial charge < -0.3 is 5.73 Å². The van der Waals surface area contributed by atoms with Crippen molar-refractivity contribution in [3.8, 4) is 0 Å². The predicted octanol–water partition coefficient (Wildman–Crippen LogP) is 2.01. The Balaban J connectivity index is 1.89. The van der Waals surface area contributed by atoms with Crippen molar-refractivity contribution in [2.45, 2.75) is 26.2 Å². The van der Waals surface area contributed by atoms with Gasteiger partial charge in [0.05, 0.1) is 5.69 Å². The fraction of sp³-hybridized carbons (Fsp3) is 0.438. The van der Waals surface area contributed by atoms with Crippen LogP contribution in [0.1, 0.15) is 22.5 Å². The van der Waals surface area contributed by atoms with E-state index >= 15 is 0 Å². The second-order valence-electron chi connectivity index (χ2n) is 5.90. The number of benzene rings is 1. The molecule has 19 heavy (non-hydrogen) atoms. The molecule has 0 unspecified atom stereocenters. The molecular formula is C16H21N3. The van der Waals surface area contributed by atoms with Crippen LogP contribution in [0.4, 0.5) is 0 Å². The molecule has 0 spiro atoms. The molecule has 1 aliphatic carbocycles. The average Bonchev–Trinajstić information content (AvgIpc) is 2.90. The third-order valence-electron chi connectivity index (χ3n) is 4.34. The highest BCUT2D eigenvalue weighted by Crippen LogP contribution is 2.38. The Morgan fingerprint density at radius 3 is 2.37 bits per heavy atom. The number of aryl methyl sites for hydroxylation is 2. The van der Waals surface area contributed by atoms with Crippen molar-refractivity contribution in [2.24, 2.45) is 18.2 Å².